The molecule has 2 rings (SSSR count). The van der Waals surface area contributed by atoms with E-state index in [1.807, 2.05) is 6.07 Å². The van der Waals surface area contributed by atoms with Crippen molar-refractivity contribution < 1.29 is 9.90 Å². The van der Waals surface area contributed by atoms with Gasteiger partial charge < -0.3 is 5.11 Å². The highest BCUT2D eigenvalue weighted by molar-refractivity contribution is 5.82. The van der Waals surface area contributed by atoms with Crippen LogP contribution >= 0.6 is 0 Å². The average molecular weight is 190 g/mol. The summed E-state index contributed by atoms with van der Waals surface area (Å²) in [5, 5.41) is 7.95. The second-order valence-electron chi connectivity index (χ2n) is 2.42. The molecule has 0 amide bonds. The van der Waals surface area contributed by atoms with Gasteiger partial charge in [0.1, 0.15) is 5.69 Å². The number of aliphatic hydroxyl groups is 1. The van der Waals surface area contributed by atoms with Crippen molar-refractivity contribution in [2.75, 3.05) is 7.11 Å². The number of carbonyl (C=O) groups excluding carboxylic acids is 1. The number of rotatable bonds is 1. The molecule has 0 aromatic carbocycles. The van der Waals surface area contributed by atoms with Crippen LogP contribution in [0.4, 0.5) is 0 Å². The minimum Gasteiger partial charge on any atom is -0.400 e. The number of aldehydes is 1. The Morgan fingerprint density at radius 2 is 2.07 bits per heavy atom. The maximum Gasteiger partial charge on any atom is 0.168 e. The molecule has 0 aliphatic carbocycles. The molecule has 0 bridgehead atoms. The van der Waals surface area contributed by atoms with Crippen LogP contribution in [0.25, 0.3) is 10.9 Å². The van der Waals surface area contributed by atoms with Crippen molar-refractivity contribution in [1.82, 2.24) is 9.97 Å². The molecule has 0 aliphatic heterocycles. The normalized spacial score (nSPS) is 9.00. The fourth-order valence-corrected chi connectivity index (χ4v) is 1.05. The second kappa shape index (κ2) is 5.04. The molecule has 0 fully saturated rings. The highest BCUT2D eigenvalue weighted by atomic mass is 16.2. The first-order valence-electron chi connectivity index (χ1n) is 4.01. The smallest absolute Gasteiger partial charge is 0.168 e. The van der Waals surface area contributed by atoms with Crippen molar-refractivity contribution >= 4 is 17.2 Å². The number of hydrogen-bond donors (Lipinski definition) is 1. The fraction of sp³-hybridized carbons (Fsp3) is 0.100. The maximum atomic E-state index is 10.4. The molecule has 0 aliphatic rings. The van der Waals surface area contributed by atoms with Gasteiger partial charge >= 0.3 is 0 Å². The van der Waals surface area contributed by atoms with Crippen molar-refractivity contribution in [3.8, 4) is 0 Å². The number of aliphatic hydroxyl groups excluding tert-OH is 1. The van der Waals surface area contributed by atoms with E-state index in [1.165, 1.54) is 0 Å². The predicted octanol–water partition coefficient (Wildman–Crippen LogP) is 1.05. The molecule has 4 nitrogen and oxygen atoms in total. The third kappa shape index (κ3) is 2.11. The summed E-state index contributed by atoms with van der Waals surface area (Å²) in [4.78, 5) is 18.4. The molecule has 0 unspecified atom stereocenters. The summed E-state index contributed by atoms with van der Waals surface area (Å²) < 4.78 is 0. The molecule has 0 radical (unpaired) electrons. The van der Waals surface area contributed by atoms with Crippen LogP contribution in [0.15, 0.2) is 30.6 Å². The molecule has 2 heterocycles. The summed E-state index contributed by atoms with van der Waals surface area (Å²) in [6, 6.07) is 5.29. The molecule has 4 heteroatoms. The highest BCUT2D eigenvalue weighted by Crippen LogP contribution is 2.08. The number of fused-ring (bicyclic) bond motifs is 1. The zero-order valence-corrected chi connectivity index (χ0v) is 7.71. The van der Waals surface area contributed by atoms with Gasteiger partial charge in [-0.3, -0.25) is 9.78 Å². The van der Waals surface area contributed by atoms with Crippen LogP contribution in [-0.2, 0) is 0 Å². The molecule has 14 heavy (non-hydrogen) atoms. The van der Waals surface area contributed by atoms with Crippen LogP contribution < -0.4 is 0 Å². The van der Waals surface area contributed by atoms with E-state index in [9.17, 15) is 4.79 Å². The quantitative estimate of drug-likeness (QED) is 0.683. The Morgan fingerprint density at radius 1 is 1.29 bits per heavy atom. The van der Waals surface area contributed by atoms with Gasteiger partial charge in [-0.1, -0.05) is 0 Å². The van der Waals surface area contributed by atoms with Gasteiger partial charge in [-0.05, 0) is 18.2 Å². The van der Waals surface area contributed by atoms with E-state index in [0.29, 0.717) is 5.69 Å². The number of aromatic nitrogens is 2. The third-order valence-electron chi connectivity index (χ3n) is 1.63. The maximum absolute atomic E-state index is 10.4. The summed E-state index contributed by atoms with van der Waals surface area (Å²) in [6.45, 7) is 0. The lowest BCUT2D eigenvalue weighted by molar-refractivity contribution is 0.111. The van der Waals surface area contributed by atoms with E-state index in [1.54, 1.807) is 24.5 Å². The lowest BCUT2D eigenvalue weighted by Crippen LogP contribution is -1.86. The van der Waals surface area contributed by atoms with Crippen LogP contribution in [-0.4, -0.2) is 28.5 Å². The first-order valence-corrected chi connectivity index (χ1v) is 4.01. The largest absolute Gasteiger partial charge is 0.400 e. The minimum atomic E-state index is 0.453. The molecule has 2 aromatic heterocycles. The summed E-state index contributed by atoms with van der Waals surface area (Å²) in [5.74, 6) is 0. The van der Waals surface area contributed by atoms with Crippen molar-refractivity contribution in [3.63, 3.8) is 0 Å². The van der Waals surface area contributed by atoms with Gasteiger partial charge in [0.25, 0.3) is 0 Å². The molecule has 2 aromatic rings. The second-order valence-corrected chi connectivity index (χ2v) is 2.42. The Morgan fingerprint density at radius 3 is 2.79 bits per heavy atom. The molecule has 0 atom stereocenters. The Hall–Kier alpha value is -1.81. The zero-order chi connectivity index (χ0) is 10.4. The molecular weight excluding hydrogens is 180 g/mol. The van der Waals surface area contributed by atoms with E-state index in [0.717, 1.165) is 24.3 Å². The van der Waals surface area contributed by atoms with Gasteiger partial charge in [-0.15, -0.1) is 0 Å². The number of hydrogen-bond acceptors (Lipinski definition) is 4. The fourth-order valence-electron chi connectivity index (χ4n) is 1.05. The van der Waals surface area contributed by atoms with Crippen LogP contribution in [0.5, 0.6) is 0 Å². The molecule has 1 N–H and O–H groups in total. The Bertz CT molecular complexity index is 429. The molecular formula is C10H10N2O2. The highest BCUT2D eigenvalue weighted by Gasteiger charge is 1.94. The Labute approximate surface area is 81.2 Å². The summed E-state index contributed by atoms with van der Waals surface area (Å²) in [5.41, 5.74) is 1.25. The van der Waals surface area contributed by atoms with Gasteiger partial charge in [0.15, 0.2) is 6.29 Å². The van der Waals surface area contributed by atoms with E-state index in [-0.39, 0.29) is 0 Å². The van der Waals surface area contributed by atoms with Crippen LogP contribution in [0.3, 0.4) is 0 Å². The van der Waals surface area contributed by atoms with Crippen molar-refractivity contribution in [2.24, 2.45) is 0 Å². The molecule has 0 spiro atoms. The molecule has 0 saturated carbocycles. The van der Waals surface area contributed by atoms with Crippen molar-refractivity contribution in [3.05, 3.63) is 36.3 Å². The Balaban J connectivity index is 0.000000461. The van der Waals surface area contributed by atoms with Gasteiger partial charge in [0, 0.05) is 24.9 Å². The summed E-state index contributed by atoms with van der Waals surface area (Å²) in [6.07, 6.45) is 4.11. The van der Waals surface area contributed by atoms with Crippen molar-refractivity contribution in [1.29, 1.82) is 0 Å². The van der Waals surface area contributed by atoms with Crippen LogP contribution in [0.2, 0.25) is 0 Å². The molecule has 72 valence electrons. The number of pyridine rings is 2. The number of carbonyl (C=O) groups is 1. The third-order valence-corrected chi connectivity index (χ3v) is 1.63. The van der Waals surface area contributed by atoms with E-state index >= 15 is 0 Å². The summed E-state index contributed by atoms with van der Waals surface area (Å²) in [7, 11) is 1.00. The van der Waals surface area contributed by atoms with Crippen LogP contribution in [0, 0.1) is 0 Å². The number of nitrogens with zero attached hydrogens (tertiary/aromatic N) is 2. The van der Waals surface area contributed by atoms with Crippen LogP contribution in [0.1, 0.15) is 10.5 Å². The van der Waals surface area contributed by atoms with E-state index < -0.39 is 0 Å². The average Bonchev–Trinajstić information content (AvgIpc) is 2.31. The van der Waals surface area contributed by atoms with Gasteiger partial charge in [-0.2, -0.15) is 0 Å². The van der Waals surface area contributed by atoms with Crippen molar-refractivity contribution in [2.45, 2.75) is 0 Å². The Kier molecular flexibility index (Phi) is 3.69. The summed E-state index contributed by atoms with van der Waals surface area (Å²) >= 11 is 0. The SMILES string of the molecule is CO.O=Cc1ccc2cnccc2n1. The minimum absolute atomic E-state index is 0.453. The monoisotopic (exact) mass is 190 g/mol. The molecule has 0 saturated heterocycles. The van der Waals surface area contributed by atoms with Gasteiger partial charge in [0.2, 0.25) is 0 Å². The first kappa shape index (κ1) is 10.3. The lowest BCUT2D eigenvalue weighted by Gasteiger charge is -1.94. The topological polar surface area (TPSA) is 63.1 Å². The van der Waals surface area contributed by atoms with E-state index in [4.69, 9.17) is 5.11 Å². The zero-order valence-electron chi connectivity index (χ0n) is 7.71. The van der Waals surface area contributed by atoms with Gasteiger partial charge in [-0.25, -0.2) is 4.98 Å². The standard InChI is InChI=1S/C9H6N2O.CH4O/c12-6-8-2-1-7-5-10-4-3-9(7)11-8;1-2/h1-6H;2H,1H3. The van der Waals surface area contributed by atoms with E-state index in [2.05, 4.69) is 9.97 Å². The first-order chi connectivity index (χ1) is 6.90. The lowest BCUT2D eigenvalue weighted by atomic mass is 10.2. The van der Waals surface area contributed by atoms with Gasteiger partial charge in [0.05, 0.1) is 5.52 Å². The predicted molar refractivity (Wildman–Crippen MR) is 53.1 cm³/mol.